The van der Waals surface area contributed by atoms with Crippen LogP contribution in [0.25, 0.3) is 0 Å². The van der Waals surface area contributed by atoms with Gasteiger partial charge >= 0.3 is 0 Å². The molecule has 8 heteroatoms. The molecule has 1 unspecified atom stereocenters. The SMILES string of the molecule is CC(C)C(CNC(=O)c1ccc(=O)[nH]n1)Nc1cccc(F)c1C#N. The van der Waals surface area contributed by atoms with Crippen molar-refractivity contribution in [1.82, 2.24) is 15.5 Å². The first-order valence-electron chi connectivity index (χ1n) is 7.71. The van der Waals surface area contributed by atoms with E-state index in [0.29, 0.717) is 5.69 Å². The number of aromatic amines is 1. The predicted octanol–water partition coefficient (Wildman–Crippen LogP) is 1.65. The molecular weight excluding hydrogens is 325 g/mol. The van der Waals surface area contributed by atoms with E-state index in [2.05, 4.69) is 20.8 Å². The lowest BCUT2D eigenvalue weighted by molar-refractivity contribution is 0.0944. The summed E-state index contributed by atoms with van der Waals surface area (Å²) in [6.45, 7) is 4.11. The van der Waals surface area contributed by atoms with Gasteiger partial charge in [0, 0.05) is 18.7 Å². The maximum absolute atomic E-state index is 13.7. The molecule has 0 spiro atoms. The molecule has 0 saturated carbocycles. The van der Waals surface area contributed by atoms with Crippen molar-refractivity contribution in [3.05, 3.63) is 57.8 Å². The van der Waals surface area contributed by atoms with Crippen molar-refractivity contribution < 1.29 is 9.18 Å². The van der Waals surface area contributed by atoms with Crippen LogP contribution in [0, 0.1) is 23.1 Å². The van der Waals surface area contributed by atoms with Gasteiger partial charge in [-0.15, -0.1) is 0 Å². The molecule has 0 fully saturated rings. The Morgan fingerprint density at radius 1 is 1.36 bits per heavy atom. The molecule has 1 amide bonds. The lowest BCUT2D eigenvalue weighted by atomic mass is 10.0. The number of carbonyl (C=O) groups excluding carboxylic acids is 1. The van der Waals surface area contributed by atoms with E-state index >= 15 is 0 Å². The van der Waals surface area contributed by atoms with E-state index in [1.54, 1.807) is 6.07 Å². The Morgan fingerprint density at radius 3 is 2.72 bits per heavy atom. The summed E-state index contributed by atoms with van der Waals surface area (Å²) in [7, 11) is 0. The molecule has 2 rings (SSSR count). The van der Waals surface area contributed by atoms with Crippen molar-refractivity contribution in [2.75, 3.05) is 11.9 Å². The van der Waals surface area contributed by atoms with Gasteiger partial charge in [-0.2, -0.15) is 10.4 Å². The van der Waals surface area contributed by atoms with E-state index in [4.69, 9.17) is 5.26 Å². The summed E-state index contributed by atoms with van der Waals surface area (Å²) in [6.07, 6.45) is 0. The number of aromatic nitrogens is 2. The minimum absolute atomic E-state index is 0.0678. The summed E-state index contributed by atoms with van der Waals surface area (Å²) < 4.78 is 13.7. The third-order valence-electron chi connectivity index (χ3n) is 3.67. The van der Waals surface area contributed by atoms with Gasteiger partial charge in [0.05, 0.1) is 5.69 Å². The zero-order valence-corrected chi connectivity index (χ0v) is 13.8. The fourth-order valence-corrected chi connectivity index (χ4v) is 2.18. The fraction of sp³-hybridized carbons (Fsp3) is 0.294. The maximum atomic E-state index is 13.7. The second-order valence-electron chi connectivity index (χ2n) is 5.79. The van der Waals surface area contributed by atoms with E-state index in [1.165, 1.54) is 24.3 Å². The zero-order valence-electron chi connectivity index (χ0n) is 13.8. The minimum atomic E-state index is -0.600. The van der Waals surface area contributed by atoms with Crippen LogP contribution in [0.1, 0.15) is 29.9 Å². The minimum Gasteiger partial charge on any atom is -0.379 e. The quantitative estimate of drug-likeness (QED) is 0.738. The number of amides is 1. The van der Waals surface area contributed by atoms with Crippen LogP contribution in [0.5, 0.6) is 0 Å². The lowest BCUT2D eigenvalue weighted by Gasteiger charge is -2.24. The highest BCUT2D eigenvalue weighted by atomic mass is 19.1. The second kappa shape index (κ2) is 8.06. The molecule has 7 nitrogen and oxygen atoms in total. The van der Waals surface area contributed by atoms with Crippen molar-refractivity contribution in [2.24, 2.45) is 5.92 Å². The average Bonchev–Trinajstić information content (AvgIpc) is 2.58. The number of nitrogens with one attached hydrogen (secondary N) is 3. The number of anilines is 1. The van der Waals surface area contributed by atoms with E-state index in [9.17, 15) is 14.0 Å². The average molecular weight is 343 g/mol. The van der Waals surface area contributed by atoms with Crippen LogP contribution in [-0.4, -0.2) is 28.7 Å². The summed E-state index contributed by atoms with van der Waals surface area (Å²) in [5, 5.41) is 20.8. The number of H-pyrrole nitrogens is 1. The van der Waals surface area contributed by atoms with E-state index in [-0.39, 0.29) is 29.8 Å². The molecule has 1 heterocycles. The van der Waals surface area contributed by atoms with Gasteiger partial charge in [0.15, 0.2) is 0 Å². The Hall–Kier alpha value is -3.21. The number of benzene rings is 1. The molecule has 0 aliphatic heterocycles. The van der Waals surface area contributed by atoms with Crippen LogP contribution in [-0.2, 0) is 0 Å². The van der Waals surface area contributed by atoms with Gasteiger partial charge in [-0.05, 0) is 24.1 Å². The van der Waals surface area contributed by atoms with Gasteiger partial charge in [0.25, 0.3) is 11.5 Å². The molecule has 0 bridgehead atoms. The number of nitriles is 1. The Bertz CT molecular complexity index is 836. The molecule has 0 radical (unpaired) electrons. The molecule has 3 N–H and O–H groups in total. The van der Waals surface area contributed by atoms with Gasteiger partial charge in [0.2, 0.25) is 0 Å². The van der Waals surface area contributed by atoms with Gasteiger partial charge in [-0.25, -0.2) is 9.49 Å². The number of halogens is 1. The summed E-state index contributed by atoms with van der Waals surface area (Å²) >= 11 is 0. The first kappa shape index (κ1) is 18.1. The monoisotopic (exact) mass is 343 g/mol. The molecule has 130 valence electrons. The normalized spacial score (nSPS) is 11.6. The van der Waals surface area contributed by atoms with Crippen molar-refractivity contribution in [2.45, 2.75) is 19.9 Å². The molecular formula is C17H18FN5O2. The molecule has 25 heavy (non-hydrogen) atoms. The summed E-state index contributed by atoms with van der Waals surface area (Å²) in [5.74, 6) is -0.946. The zero-order chi connectivity index (χ0) is 18.4. The molecule has 1 aromatic heterocycles. The lowest BCUT2D eigenvalue weighted by Crippen LogP contribution is -2.40. The highest BCUT2D eigenvalue weighted by Crippen LogP contribution is 2.20. The summed E-state index contributed by atoms with van der Waals surface area (Å²) in [4.78, 5) is 23.1. The Morgan fingerprint density at radius 2 is 2.12 bits per heavy atom. The van der Waals surface area contributed by atoms with Crippen molar-refractivity contribution >= 4 is 11.6 Å². The predicted molar refractivity (Wildman–Crippen MR) is 90.6 cm³/mol. The molecule has 0 aliphatic rings. The summed E-state index contributed by atoms with van der Waals surface area (Å²) in [5.41, 5.74) is -0.00150. The van der Waals surface area contributed by atoms with Crippen molar-refractivity contribution in [3.8, 4) is 6.07 Å². The smallest absolute Gasteiger partial charge is 0.271 e. The first-order valence-corrected chi connectivity index (χ1v) is 7.71. The first-order chi connectivity index (χ1) is 11.9. The number of hydrogen-bond acceptors (Lipinski definition) is 5. The highest BCUT2D eigenvalue weighted by Gasteiger charge is 2.18. The van der Waals surface area contributed by atoms with Crippen molar-refractivity contribution in [1.29, 1.82) is 5.26 Å². The maximum Gasteiger partial charge on any atom is 0.271 e. The van der Waals surface area contributed by atoms with Gasteiger partial charge in [-0.3, -0.25) is 9.59 Å². The van der Waals surface area contributed by atoms with Crippen molar-refractivity contribution in [3.63, 3.8) is 0 Å². The Kier molecular flexibility index (Phi) is 5.84. The van der Waals surface area contributed by atoms with E-state index in [0.717, 1.165) is 0 Å². The number of carbonyl (C=O) groups is 1. The molecule has 1 atom stereocenters. The molecule has 2 aromatic rings. The Labute approximate surface area is 143 Å². The van der Waals surface area contributed by atoms with E-state index < -0.39 is 17.3 Å². The van der Waals surface area contributed by atoms with Crippen LogP contribution in [0.4, 0.5) is 10.1 Å². The fourth-order valence-electron chi connectivity index (χ4n) is 2.18. The van der Waals surface area contributed by atoms with Gasteiger partial charge in [-0.1, -0.05) is 19.9 Å². The van der Waals surface area contributed by atoms with Gasteiger partial charge < -0.3 is 10.6 Å². The van der Waals surface area contributed by atoms with E-state index in [1.807, 2.05) is 19.9 Å². The highest BCUT2D eigenvalue weighted by molar-refractivity contribution is 5.92. The topological polar surface area (TPSA) is 111 Å². The van der Waals surface area contributed by atoms with Crippen LogP contribution in [0.2, 0.25) is 0 Å². The van der Waals surface area contributed by atoms with Crippen LogP contribution in [0.15, 0.2) is 35.1 Å². The standard InChI is InChI=1S/C17H18FN5O2/c1-10(2)15(21-13-5-3-4-12(18)11(13)8-19)9-20-17(25)14-6-7-16(24)23-22-14/h3-7,10,15,21H,9H2,1-2H3,(H,20,25)(H,23,24). The third-order valence-corrected chi connectivity index (χ3v) is 3.67. The van der Waals surface area contributed by atoms with Crippen LogP contribution >= 0.6 is 0 Å². The summed E-state index contributed by atoms with van der Waals surface area (Å²) in [6, 6.07) is 8.49. The van der Waals surface area contributed by atoms with Crippen LogP contribution < -0.4 is 16.2 Å². The molecule has 0 aliphatic carbocycles. The number of rotatable bonds is 6. The molecule has 0 saturated heterocycles. The van der Waals surface area contributed by atoms with Crippen LogP contribution in [0.3, 0.4) is 0 Å². The third kappa shape index (κ3) is 4.64. The number of nitrogens with zero attached hydrogens (tertiary/aromatic N) is 2. The number of hydrogen-bond donors (Lipinski definition) is 3. The van der Waals surface area contributed by atoms with Gasteiger partial charge in [0.1, 0.15) is 23.1 Å². The largest absolute Gasteiger partial charge is 0.379 e. The molecule has 1 aromatic carbocycles. The Balaban J connectivity index is 2.08. The second-order valence-corrected chi connectivity index (χ2v) is 5.79.